The Balaban J connectivity index is 1.65. The third kappa shape index (κ3) is 3.33. The van der Waals surface area contributed by atoms with Gasteiger partial charge in [0.15, 0.2) is 5.82 Å². The molecule has 1 aliphatic carbocycles. The Morgan fingerprint density at radius 2 is 2.22 bits per heavy atom. The number of halogens is 1. The number of aromatic amines is 1. The first-order chi connectivity index (χ1) is 11.0. The number of hydrogen-bond donors (Lipinski definition) is 4. The summed E-state index contributed by atoms with van der Waals surface area (Å²) in [5.41, 5.74) is 0. The molecule has 7 nitrogen and oxygen atoms in total. The van der Waals surface area contributed by atoms with Gasteiger partial charge in [-0.1, -0.05) is 6.07 Å². The molecule has 0 bridgehead atoms. The molecule has 1 saturated carbocycles. The molecule has 8 heteroatoms. The minimum atomic E-state index is -1.19. The van der Waals surface area contributed by atoms with E-state index in [0.29, 0.717) is 0 Å². The van der Waals surface area contributed by atoms with Gasteiger partial charge >= 0.3 is 0 Å². The first-order valence-corrected chi connectivity index (χ1v) is 7.13. The van der Waals surface area contributed by atoms with Crippen molar-refractivity contribution in [3.63, 3.8) is 0 Å². The van der Waals surface area contributed by atoms with Crippen molar-refractivity contribution >= 4 is 5.91 Å². The van der Waals surface area contributed by atoms with Gasteiger partial charge < -0.3 is 25.3 Å². The van der Waals surface area contributed by atoms with E-state index in [2.05, 4.69) is 15.3 Å². The van der Waals surface area contributed by atoms with Crippen molar-refractivity contribution in [2.75, 3.05) is 0 Å². The predicted octanol–water partition coefficient (Wildman–Crippen LogP) is 0.220. The van der Waals surface area contributed by atoms with Gasteiger partial charge in [0.05, 0.1) is 6.04 Å². The Morgan fingerprint density at radius 3 is 2.91 bits per heavy atom. The summed E-state index contributed by atoms with van der Waals surface area (Å²) >= 11 is 0. The topological polar surface area (TPSA) is 107 Å². The summed E-state index contributed by atoms with van der Waals surface area (Å²) in [6.45, 7) is 0. The monoisotopic (exact) mass is 321 g/mol. The summed E-state index contributed by atoms with van der Waals surface area (Å²) in [6.07, 6.45) is -0.0120. The molecule has 4 atom stereocenters. The van der Waals surface area contributed by atoms with Crippen molar-refractivity contribution in [3.8, 4) is 5.75 Å². The van der Waals surface area contributed by atoms with Crippen LogP contribution < -0.4 is 10.1 Å². The zero-order valence-corrected chi connectivity index (χ0v) is 12.0. The van der Waals surface area contributed by atoms with Crippen molar-refractivity contribution in [1.29, 1.82) is 0 Å². The molecule has 0 saturated heterocycles. The van der Waals surface area contributed by atoms with Crippen molar-refractivity contribution < 1.29 is 24.1 Å². The highest BCUT2D eigenvalue weighted by molar-refractivity contribution is 5.90. The molecule has 0 radical (unpaired) electrons. The third-order valence-corrected chi connectivity index (χ3v) is 3.74. The summed E-state index contributed by atoms with van der Waals surface area (Å²) < 4.78 is 18.7. The lowest BCUT2D eigenvalue weighted by Crippen LogP contribution is -2.43. The second-order valence-electron chi connectivity index (χ2n) is 5.35. The Labute approximate surface area is 131 Å². The van der Waals surface area contributed by atoms with Gasteiger partial charge in [0.2, 0.25) is 0 Å². The van der Waals surface area contributed by atoms with E-state index in [0.717, 1.165) is 0 Å². The first kappa shape index (κ1) is 15.4. The number of aliphatic hydroxyl groups is 2. The second-order valence-corrected chi connectivity index (χ2v) is 5.35. The van der Waals surface area contributed by atoms with Crippen LogP contribution in [-0.2, 0) is 0 Å². The molecule has 1 aliphatic rings. The molecule has 2 aromatic rings. The fourth-order valence-corrected chi connectivity index (χ4v) is 2.59. The zero-order chi connectivity index (χ0) is 16.4. The SMILES string of the molecule is O=C(N[C@@H]1C[C@@H](Oc2cccc(F)c2)[C@H](O)[C@H]1O)c1ncc[nH]1. The number of hydrogen-bond acceptors (Lipinski definition) is 5. The van der Waals surface area contributed by atoms with Crippen LogP contribution in [0.5, 0.6) is 5.75 Å². The normalized spacial score (nSPS) is 26.9. The van der Waals surface area contributed by atoms with Gasteiger partial charge in [-0.05, 0) is 12.1 Å². The van der Waals surface area contributed by atoms with Crippen LogP contribution in [0.2, 0.25) is 0 Å². The van der Waals surface area contributed by atoms with Gasteiger partial charge in [0, 0.05) is 24.9 Å². The number of nitrogens with one attached hydrogen (secondary N) is 2. The highest BCUT2D eigenvalue weighted by Crippen LogP contribution is 2.26. The average Bonchev–Trinajstić information content (AvgIpc) is 3.13. The molecule has 1 aromatic heterocycles. The van der Waals surface area contributed by atoms with E-state index in [4.69, 9.17) is 4.74 Å². The molecular weight excluding hydrogens is 305 g/mol. The first-order valence-electron chi connectivity index (χ1n) is 7.13. The number of aromatic nitrogens is 2. The number of rotatable bonds is 4. The van der Waals surface area contributed by atoms with E-state index in [-0.39, 0.29) is 18.0 Å². The summed E-state index contributed by atoms with van der Waals surface area (Å²) in [7, 11) is 0. The Bertz CT molecular complexity index is 679. The lowest BCUT2D eigenvalue weighted by Gasteiger charge is -2.18. The van der Waals surface area contributed by atoms with Crippen LogP contribution >= 0.6 is 0 Å². The van der Waals surface area contributed by atoms with Crippen LogP contribution in [0.25, 0.3) is 0 Å². The third-order valence-electron chi connectivity index (χ3n) is 3.74. The molecule has 1 amide bonds. The molecule has 23 heavy (non-hydrogen) atoms. The number of carbonyl (C=O) groups excluding carboxylic acids is 1. The second kappa shape index (κ2) is 6.35. The summed E-state index contributed by atoms with van der Waals surface area (Å²) in [4.78, 5) is 18.4. The van der Waals surface area contributed by atoms with Crippen LogP contribution in [0.1, 0.15) is 17.0 Å². The molecular formula is C15H16FN3O4. The lowest BCUT2D eigenvalue weighted by atomic mass is 10.2. The average molecular weight is 321 g/mol. The molecule has 0 spiro atoms. The number of amides is 1. The minimum absolute atomic E-state index is 0.112. The van der Waals surface area contributed by atoms with Gasteiger partial charge in [-0.25, -0.2) is 9.37 Å². The summed E-state index contributed by atoms with van der Waals surface area (Å²) in [5, 5.41) is 22.7. The van der Waals surface area contributed by atoms with Gasteiger partial charge in [0.25, 0.3) is 5.91 Å². The Morgan fingerprint density at radius 1 is 1.39 bits per heavy atom. The molecule has 122 valence electrons. The number of benzene rings is 1. The van der Waals surface area contributed by atoms with Gasteiger partial charge in [-0.2, -0.15) is 0 Å². The van der Waals surface area contributed by atoms with Crippen molar-refractivity contribution in [1.82, 2.24) is 15.3 Å². The van der Waals surface area contributed by atoms with E-state index >= 15 is 0 Å². The van der Waals surface area contributed by atoms with E-state index in [1.807, 2.05) is 0 Å². The number of H-pyrrole nitrogens is 1. The Hall–Kier alpha value is -2.45. The number of nitrogens with zero attached hydrogens (tertiary/aromatic N) is 1. The standard InChI is InChI=1S/C15H16FN3O4/c16-8-2-1-3-9(6-8)23-11-7-10(12(20)13(11)21)19-15(22)14-17-4-5-18-14/h1-6,10-13,20-21H,7H2,(H,17,18)(H,19,22)/t10-,11-,12+,13+/m1/s1. The summed E-state index contributed by atoms with van der Waals surface area (Å²) in [6, 6.07) is 4.81. The maximum absolute atomic E-state index is 13.2. The van der Waals surface area contributed by atoms with Crippen LogP contribution in [0, 0.1) is 5.82 Å². The lowest BCUT2D eigenvalue weighted by molar-refractivity contribution is -0.0136. The largest absolute Gasteiger partial charge is 0.487 e. The molecule has 0 aliphatic heterocycles. The van der Waals surface area contributed by atoms with Crippen LogP contribution in [0.15, 0.2) is 36.7 Å². The quantitative estimate of drug-likeness (QED) is 0.644. The van der Waals surface area contributed by atoms with Gasteiger partial charge in [0.1, 0.15) is 29.9 Å². The molecule has 4 N–H and O–H groups in total. The minimum Gasteiger partial charge on any atom is -0.487 e. The number of imidazole rings is 1. The van der Waals surface area contributed by atoms with E-state index in [1.54, 1.807) is 6.07 Å². The van der Waals surface area contributed by atoms with Gasteiger partial charge in [-0.15, -0.1) is 0 Å². The van der Waals surface area contributed by atoms with Crippen molar-refractivity contribution in [3.05, 3.63) is 48.3 Å². The number of ether oxygens (including phenoxy) is 1. The molecule has 3 rings (SSSR count). The van der Waals surface area contributed by atoms with Crippen LogP contribution in [0.4, 0.5) is 4.39 Å². The van der Waals surface area contributed by atoms with E-state index in [1.165, 1.54) is 30.6 Å². The number of carbonyl (C=O) groups is 1. The van der Waals surface area contributed by atoms with E-state index in [9.17, 15) is 19.4 Å². The highest BCUT2D eigenvalue weighted by Gasteiger charge is 2.44. The maximum Gasteiger partial charge on any atom is 0.287 e. The molecule has 1 aromatic carbocycles. The van der Waals surface area contributed by atoms with Gasteiger partial charge in [-0.3, -0.25) is 4.79 Å². The van der Waals surface area contributed by atoms with Crippen molar-refractivity contribution in [2.24, 2.45) is 0 Å². The molecule has 0 unspecified atom stereocenters. The summed E-state index contributed by atoms with van der Waals surface area (Å²) in [5.74, 6) is -0.587. The van der Waals surface area contributed by atoms with E-state index < -0.39 is 36.1 Å². The molecule has 1 fully saturated rings. The van der Waals surface area contributed by atoms with Crippen LogP contribution in [-0.4, -0.2) is 50.4 Å². The molecule has 1 heterocycles. The van der Waals surface area contributed by atoms with Crippen LogP contribution in [0.3, 0.4) is 0 Å². The maximum atomic E-state index is 13.2. The fraction of sp³-hybridized carbons (Fsp3) is 0.333. The Kier molecular flexibility index (Phi) is 4.26. The number of aliphatic hydroxyl groups excluding tert-OH is 2. The zero-order valence-electron chi connectivity index (χ0n) is 12.0. The van der Waals surface area contributed by atoms with Crippen molar-refractivity contribution in [2.45, 2.75) is 30.8 Å². The smallest absolute Gasteiger partial charge is 0.287 e. The predicted molar refractivity (Wildman–Crippen MR) is 77.3 cm³/mol. The highest BCUT2D eigenvalue weighted by atomic mass is 19.1. The fourth-order valence-electron chi connectivity index (χ4n) is 2.59.